The molecule has 4 aromatic rings. The van der Waals surface area contributed by atoms with E-state index >= 15 is 0 Å². The second-order valence-corrected chi connectivity index (χ2v) is 11.2. The van der Waals surface area contributed by atoms with Crippen LogP contribution in [0.1, 0.15) is 35.5 Å². The van der Waals surface area contributed by atoms with Crippen LogP contribution in [-0.4, -0.2) is 40.6 Å². The van der Waals surface area contributed by atoms with Gasteiger partial charge >= 0.3 is 5.97 Å². The first kappa shape index (κ1) is 27.6. The van der Waals surface area contributed by atoms with Gasteiger partial charge in [-0.05, 0) is 61.1 Å². The van der Waals surface area contributed by atoms with Gasteiger partial charge in [-0.25, -0.2) is 4.98 Å². The maximum Gasteiger partial charge on any atom is 0.321 e. The van der Waals surface area contributed by atoms with E-state index in [9.17, 15) is 9.90 Å². The van der Waals surface area contributed by atoms with Gasteiger partial charge in [0, 0.05) is 23.2 Å². The molecule has 1 unspecified atom stereocenters. The van der Waals surface area contributed by atoms with Crippen molar-refractivity contribution in [2.24, 2.45) is 5.92 Å². The van der Waals surface area contributed by atoms with Gasteiger partial charge in [0.25, 0.3) is 0 Å². The van der Waals surface area contributed by atoms with Crippen molar-refractivity contribution < 1.29 is 9.90 Å². The first-order valence-corrected chi connectivity index (χ1v) is 14.1. The number of aromatic nitrogens is 1. The minimum absolute atomic E-state index is 0.461. The summed E-state index contributed by atoms with van der Waals surface area (Å²) >= 11 is 1.57. The zero-order valence-corrected chi connectivity index (χ0v) is 23.2. The van der Waals surface area contributed by atoms with Gasteiger partial charge in [0.05, 0.1) is 12.2 Å². The van der Waals surface area contributed by atoms with Crippen molar-refractivity contribution in [2.45, 2.75) is 45.7 Å². The number of likely N-dealkylation sites (N-methyl/N-ethyl adjacent to an activating group) is 1. The third-order valence-electron chi connectivity index (χ3n) is 6.62. The standard InChI is InChI=1S/C32H37N3O2S/c1-23(2)19-26-11-9-24(10-12-26)17-18-33-28-15-13-27(14-16-28)29-22-38-31(34-29)21-35(3)30(32(36)37)20-25-7-5-4-6-8-25/h4-16,22-23,30,33H,17-21H2,1-3H3,(H,36,37). The number of nitrogens with one attached hydrogen (secondary N) is 1. The van der Waals surface area contributed by atoms with Crippen molar-refractivity contribution in [3.63, 3.8) is 0 Å². The minimum atomic E-state index is -0.820. The predicted molar refractivity (Wildman–Crippen MR) is 158 cm³/mol. The highest BCUT2D eigenvalue weighted by atomic mass is 32.1. The molecule has 2 N–H and O–H groups in total. The van der Waals surface area contributed by atoms with E-state index in [1.807, 2.05) is 47.7 Å². The Morgan fingerprint density at radius 2 is 1.58 bits per heavy atom. The molecule has 0 radical (unpaired) electrons. The molecule has 3 aromatic carbocycles. The van der Waals surface area contributed by atoms with Crippen molar-refractivity contribution in [1.82, 2.24) is 9.88 Å². The van der Waals surface area contributed by atoms with Crippen molar-refractivity contribution in [2.75, 3.05) is 18.9 Å². The number of hydrogen-bond acceptors (Lipinski definition) is 5. The van der Waals surface area contributed by atoms with Crippen molar-refractivity contribution in [3.05, 3.63) is 106 Å². The molecule has 0 saturated heterocycles. The molecule has 38 heavy (non-hydrogen) atoms. The molecule has 0 bridgehead atoms. The Hall–Kier alpha value is -3.48. The van der Waals surface area contributed by atoms with Gasteiger partial charge in [0.2, 0.25) is 0 Å². The van der Waals surface area contributed by atoms with Gasteiger partial charge < -0.3 is 10.4 Å². The van der Waals surface area contributed by atoms with Gasteiger partial charge in [-0.15, -0.1) is 11.3 Å². The Bertz CT molecular complexity index is 1280. The molecule has 1 heterocycles. The SMILES string of the molecule is CC(C)Cc1ccc(CCNc2ccc(-c3csc(CN(C)C(Cc4ccccc4)C(=O)O)n3)cc2)cc1. The van der Waals surface area contributed by atoms with E-state index in [1.54, 1.807) is 11.3 Å². The average Bonchev–Trinajstić information content (AvgIpc) is 3.37. The third-order valence-corrected chi connectivity index (χ3v) is 7.45. The second kappa shape index (κ2) is 13.4. The molecule has 1 atom stereocenters. The Kier molecular flexibility index (Phi) is 9.68. The zero-order chi connectivity index (χ0) is 26.9. The molecular formula is C32H37N3O2S. The summed E-state index contributed by atoms with van der Waals surface area (Å²) in [6, 6.07) is 26.5. The van der Waals surface area contributed by atoms with Crippen LogP contribution in [0, 0.1) is 5.92 Å². The van der Waals surface area contributed by atoms with Crippen LogP contribution in [0.3, 0.4) is 0 Å². The summed E-state index contributed by atoms with van der Waals surface area (Å²) in [7, 11) is 1.85. The lowest BCUT2D eigenvalue weighted by atomic mass is 10.0. The lowest BCUT2D eigenvalue weighted by Gasteiger charge is -2.23. The van der Waals surface area contributed by atoms with Crippen LogP contribution in [0.15, 0.2) is 84.2 Å². The second-order valence-electron chi connectivity index (χ2n) is 10.3. The van der Waals surface area contributed by atoms with E-state index < -0.39 is 12.0 Å². The molecule has 198 valence electrons. The van der Waals surface area contributed by atoms with Gasteiger partial charge in [0.1, 0.15) is 11.0 Å². The van der Waals surface area contributed by atoms with Gasteiger partial charge in [-0.2, -0.15) is 0 Å². The summed E-state index contributed by atoms with van der Waals surface area (Å²) in [4.78, 5) is 18.6. The molecule has 0 amide bonds. The number of carbonyl (C=O) groups is 1. The maximum absolute atomic E-state index is 11.9. The first-order chi connectivity index (χ1) is 18.4. The molecule has 0 fully saturated rings. The minimum Gasteiger partial charge on any atom is -0.480 e. The fourth-order valence-corrected chi connectivity index (χ4v) is 5.40. The number of anilines is 1. The normalized spacial score (nSPS) is 12.1. The zero-order valence-electron chi connectivity index (χ0n) is 22.4. The van der Waals surface area contributed by atoms with Crippen LogP contribution in [-0.2, 0) is 30.6 Å². The van der Waals surface area contributed by atoms with E-state index in [0.717, 1.165) is 46.9 Å². The Morgan fingerprint density at radius 1 is 0.921 bits per heavy atom. The predicted octanol–water partition coefficient (Wildman–Crippen LogP) is 6.79. The summed E-state index contributed by atoms with van der Waals surface area (Å²) in [6.07, 6.45) is 2.57. The monoisotopic (exact) mass is 527 g/mol. The summed E-state index contributed by atoms with van der Waals surface area (Å²) in [5, 5.41) is 16.3. The number of hydrogen-bond donors (Lipinski definition) is 2. The molecule has 0 aliphatic heterocycles. The number of rotatable bonds is 13. The number of carboxylic acid groups (broad SMARTS) is 1. The average molecular weight is 528 g/mol. The highest BCUT2D eigenvalue weighted by Gasteiger charge is 2.24. The number of benzene rings is 3. The summed E-state index contributed by atoms with van der Waals surface area (Å²) < 4.78 is 0. The number of aliphatic carboxylic acids is 1. The van der Waals surface area contributed by atoms with Crippen molar-refractivity contribution >= 4 is 23.0 Å². The van der Waals surface area contributed by atoms with Gasteiger partial charge in [-0.1, -0.05) is 80.6 Å². The number of carboxylic acids is 1. The molecule has 6 heteroatoms. The van der Waals surface area contributed by atoms with Crippen LogP contribution in [0.2, 0.25) is 0 Å². The van der Waals surface area contributed by atoms with Crippen LogP contribution in [0.4, 0.5) is 5.69 Å². The van der Waals surface area contributed by atoms with Crippen LogP contribution in [0.25, 0.3) is 11.3 Å². The molecule has 5 nitrogen and oxygen atoms in total. The Balaban J connectivity index is 1.29. The van der Waals surface area contributed by atoms with Crippen molar-refractivity contribution in [1.29, 1.82) is 0 Å². The van der Waals surface area contributed by atoms with E-state index in [0.29, 0.717) is 18.9 Å². The smallest absolute Gasteiger partial charge is 0.321 e. The molecule has 0 aliphatic carbocycles. The summed E-state index contributed by atoms with van der Waals surface area (Å²) in [5.41, 5.74) is 6.82. The van der Waals surface area contributed by atoms with E-state index in [1.165, 1.54) is 11.1 Å². The van der Waals surface area contributed by atoms with Crippen LogP contribution < -0.4 is 5.32 Å². The number of nitrogens with zero attached hydrogens (tertiary/aromatic N) is 2. The summed E-state index contributed by atoms with van der Waals surface area (Å²) in [5.74, 6) is -0.142. The van der Waals surface area contributed by atoms with E-state index in [2.05, 4.69) is 67.7 Å². The Labute approximate surface area is 230 Å². The molecule has 1 aromatic heterocycles. The lowest BCUT2D eigenvalue weighted by molar-refractivity contribution is -0.142. The van der Waals surface area contributed by atoms with Crippen LogP contribution >= 0.6 is 11.3 Å². The van der Waals surface area contributed by atoms with Gasteiger partial charge in [0.15, 0.2) is 0 Å². The highest BCUT2D eigenvalue weighted by molar-refractivity contribution is 7.09. The van der Waals surface area contributed by atoms with Gasteiger partial charge in [-0.3, -0.25) is 9.69 Å². The molecule has 0 spiro atoms. The Morgan fingerprint density at radius 3 is 2.24 bits per heavy atom. The molecule has 4 rings (SSSR count). The highest BCUT2D eigenvalue weighted by Crippen LogP contribution is 2.25. The molecule has 0 aliphatic rings. The molecular weight excluding hydrogens is 490 g/mol. The quantitative estimate of drug-likeness (QED) is 0.200. The number of thiazole rings is 1. The fourth-order valence-electron chi connectivity index (χ4n) is 4.53. The van der Waals surface area contributed by atoms with E-state index in [4.69, 9.17) is 4.98 Å². The van der Waals surface area contributed by atoms with E-state index in [-0.39, 0.29) is 0 Å². The largest absolute Gasteiger partial charge is 0.480 e. The lowest BCUT2D eigenvalue weighted by Crippen LogP contribution is -2.39. The van der Waals surface area contributed by atoms with Crippen LogP contribution in [0.5, 0.6) is 0 Å². The third kappa shape index (κ3) is 8.01. The molecule has 0 saturated carbocycles. The fraction of sp³-hybridized carbons (Fsp3) is 0.312. The first-order valence-electron chi connectivity index (χ1n) is 13.2. The summed E-state index contributed by atoms with van der Waals surface area (Å²) in [6.45, 7) is 5.87. The van der Waals surface area contributed by atoms with Crippen molar-refractivity contribution in [3.8, 4) is 11.3 Å². The topological polar surface area (TPSA) is 65.5 Å². The maximum atomic E-state index is 11.9.